The lowest BCUT2D eigenvalue weighted by molar-refractivity contribution is -0.150. The Morgan fingerprint density at radius 3 is 1.61 bits per heavy atom. The van der Waals surface area contributed by atoms with Gasteiger partial charge in [0.2, 0.25) is 17.1 Å². The molecule has 4 heterocycles. The van der Waals surface area contributed by atoms with Crippen LogP contribution in [0.25, 0.3) is 0 Å². The number of carbonyl (C=O) groups excluding carboxylic acids is 5. The molecule has 3 aliphatic heterocycles. The standard InChI is InChI=1S/C55H78FN13O15/c56-54(50(77)58-16-15-57-45(70)37-64-17-19-65(38-46(71)72)21-23-67(40-48(75)76)24-22-66(20-18-64)39-47(73)74)14-6-2-5-9-44-49(54)61-62-69(44)30-32-82-34-36-83-35-33-81-31-29-63-25-27-68(28-26-63)55(51(78)59-53(80)60-52(55)79)41-10-12-43(13-11-41)84-42-7-3-1-4-8-42/h1,3-4,7-8,10-13H,2,5-6,9,14-40H2,(H,57,70)(H,58,77)(H,71,72)(H,73,74)(H,75,76)(H2,59,60,78,79,80). The fourth-order valence-corrected chi connectivity index (χ4v) is 10.6. The monoisotopic (exact) mass is 1180 g/mol. The summed E-state index contributed by atoms with van der Waals surface area (Å²) in [6.07, 6.45) is 2.24. The van der Waals surface area contributed by atoms with Crippen molar-refractivity contribution in [3.63, 3.8) is 0 Å². The number of hydrogen-bond acceptors (Lipinski definition) is 20. The molecule has 29 heteroatoms. The average Bonchev–Trinajstić information content (AvgIpc) is 1.21. The van der Waals surface area contributed by atoms with Crippen LogP contribution in [0.4, 0.5) is 9.18 Å². The van der Waals surface area contributed by atoms with Crippen LogP contribution in [0.3, 0.4) is 0 Å². The lowest BCUT2D eigenvalue weighted by Crippen LogP contribution is -2.72. The topological polar surface area (TPSA) is 332 Å². The lowest BCUT2D eigenvalue weighted by atomic mass is 9.84. The number of imide groups is 2. The summed E-state index contributed by atoms with van der Waals surface area (Å²) in [7, 11) is 0. The Morgan fingerprint density at radius 2 is 1.06 bits per heavy atom. The lowest BCUT2D eigenvalue weighted by Gasteiger charge is -2.46. The number of aromatic nitrogens is 3. The molecular formula is C55H78FN13O15. The number of urea groups is 1. The van der Waals surface area contributed by atoms with Crippen LogP contribution in [-0.4, -0.2) is 271 Å². The number of rotatable bonds is 28. The fraction of sp³-hybridized carbons (Fsp3) is 0.600. The summed E-state index contributed by atoms with van der Waals surface area (Å²) < 4.78 is 41.7. The molecule has 2 aromatic carbocycles. The number of barbiturate groups is 1. The third-order valence-corrected chi connectivity index (χ3v) is 15.1. The number of carbonyl (C=O) groups is 8. The van der Waals surface area contributed by atoms with E-state index < -0.39 is 58.8 Å². The van der Waals surface area contributed by atoms with Crippen molar-refractivity contribution >= 4 is 47.6 Å². The van der Waals surface area contributed by atoms with Crippen LogP contribution in [0.1, 0.15) is 42.6 Å². The predicted molar refractivity (Wildman–Crippen MR) is 296 cm³/mol. The molecule has 0 radical (unpaired) electrons. The van der Waals surface area contributed by atoms with Gasteiger partial charge in [0, 0.05) is 98.2 Å². The SMILES string of the molecule is O=C(O)CN1CCN(CC(=O)O)CCN(CC(=O)NCCNC(=O)C2(F)CCCCCc3c2nnn3CCOCCOCCOCCN2CCN(C3(c4ccc(Oc5ccccc5)cc4)C(=O)NC(=O)NC3=O)CC2)CCN(CC(=O)O)CC1. The van der Waals surface area contributed by atoms with Crippen LogP contribution in [0.2, 0.25) is 0 Å². The molecule has 3 aromatic rings. The molecule has 28 nitrogen and oxygen atoms in total. The van der Waals surface area contributed by atoms with Crippen molar-refractivity contribution in [2.24, 2.45) is 0 Å². The number of nitrogens with zero attached hydrogens (tertiary/aromatic N) is 9. The minimum absolute atomic E-state index is 0.0254. The van der Waals surface area contributed by atoms with Crippen molar-refractivity contribution in [1.82, 2.24) is 65.7 Å². The van der Waals surface area contributed by atoms with Gasteiger partial charge in [-0.05, 0) is 55.5 Å². The first kappa shape index (κ1) is 64.5. The van der Waals surface area contributed by atoms with Crippen molar-refractivity contribution < 1.29 is 77.0 Å². The molecule has 7 rings (SSSR count). The quantitative estimate of drug-likeness (QED) is 0.0338. The van der Waals surface area contributed by atoms with Crippen LogP contribution < -0.4 is 26.0 Å². The molecule has 1 atom stereocenters. The average molecular weight is 1180 g/mol. The zero-order valence-corrected chi connectivity index (χ0v) is 47.3. The van der Waals surface area contributed by atoms with Crippen molar-refractivity contribution in [3.05, 3.63) is 71.5 Å². The number of amides is 6. The third kappa shape index (κ3) is 18.7. The largest absolute Gasteiger partial charge is 0.480 e. The third-order valence-electron chi connectivity index (χ3n) is 15.1. The molecule has 0 saturated carbocycles. The number of fused-ring (bicyclic) bond motifs is 1. The minimum Gasteiger partial charge on any atom is -0.480 e. The van der Waals surface area contributed by atoms with Gasteiger partial charge in [0.1, 0.15) is 17.2 Å². The summed E-state index contributed by atoms with van der Waals surface area (Å²) in [5.74, 6) is -4.78. The smallest absolute Gasteiger partial charge is 0.328 e. The molecule has 1 aliphatic carbocycles. The summed E-state index contributed by atoms with van der Waals surface area (Å²) in [5, 5.41) is 46.8. The van der Waals surface area contributed by atoms with E-state index in [4.69, 9.17) is 18.9 Å². The highest BCUT2D eigenvalue weighted by Crippen LogP contribution is 2.37. The molecular weight excluding hydrogens is 1100 g/mol. The normalized spacial score (nSPS) is 20.2. The second kappa shape index (κ2) is 32.3. The van der Waals surface area contributed by atoms with Gasteiger partial charge >= 0.3 is 23.9 Å². The molecule has 4 aliphatic rings. The van der Waals surface area contributed by atoms with E-state index in [2.05, 4.69) is 36.5 Å². The van der Waals surface area contributed by atoms with Gasteiger partial charge in [-0.25, -0.2) is 13.9 Å². The molecule has 3 fully saturated rings. The summed E-state index contributed by atoms with van der Waals surface area (Å²) in [5.41, 5.74) is -3.35. The Labute approximate surface area is 485 Å². The summed E-state index contributed by atoms with van der Waals surface area (Å²) >= 11 is 0. The van der Waals surface area contributed by atoms with Crippen molar-refractivity contribution in [3.8, 4) is 11.5 Å². The zero-order valence-electron chi connectivity index (χ0n) is 47.3. The van der Waals surface area contributed by atoms with E-state index in [1.165, 1.54) is 0 Å². The van der Waals surface area contributed by atoms with Crippen LogP contribution in [0.15, 0.2) is 54.6 Å². The maximum Gasteiger partial charge on any atom is 0.328 e. The number of carboxylic acids is 3. The van der Waals surface area contributed by atoms with E-state index in [1.54, 1.807) is 53.4 Å². The Hall–Kier alpha value is -7.09. The fourth-order valence-electron chi connectivity index (χ4n) is 10.6. The molecule has 0 bridgehead atoms. The number of para-hydroxylation sites is 1. The number of aliphatic carboxylic acids is 3. The molecule has 7 N–H and O–H groups in total. The molecule has 6 amide bonds. The van der Waals surface area contributed by atoms with Gasteiger partial charge in [0.05, 0.1) is 78.1 Å². The number of piperazine rings is 1. The molecule has 1 aromatic heterocycles. The van der Waals surface area contributed by atoms with E-state index in [0.29, 0.717) is 101 Å². The highest BCUT2D eigenvalue weighted by atomic mass is 19.1. The van der Waals surface area contributed by atoms with Gasteiger partial charge in [-0.2, -0.15) is 0 Å². The summed E-state index contributed by atoms with van der Waals surface area (Å²) in [4.78, 5) is 112. The maximum absolute atomic E-state index is 16.9. The maximum atomic E-state index is 16.9. The summed E-state index contributed by atoms with van der Waals surface area (Å²) in [6.45, 7) is 5.39. The van der Waals surface area contributed by atoms with Gasteiger partial charge in [0.25, 0.3) is 17.7 Å². The number of nitrogens with one attached hydrogen (secondary N) is 4. The van der Waals surface area contributed by atoms with Crippen LogP contribution in [-0.2, 0) is 71.9 Å². The van der Waals surface area contributed by atoms with E-state index in [1.807, 2.05) is 30.3 Å². The van der Waals surface area contributed by atoms with E-state index in [-0.39, 0.29) is 123 Å². The Bertz CT molecular complexity index is 2630. The van der Waals surface area contributed by atoms with E-state index in [0.717, 1.165) is 6.42 Å². The van der Waals surface area contributed by atoms with Crippen molar-refractivity contribution in [1.29, 1.82) is 0 Å². The zero-order chi connectivity index (χ0) is 59.9. The molecule has 0 spiro atoms. The number of halogens is 1. The van der Waals surface area contributed by atoms with Gasteiger partial charge in [0.15, 0.2) is 0 Å². The molecule has 3 saturated heterocycles. The van der Waals surface area contributed by atoms with Crippen LogP contribution in [0.5, 0.6) is 11.5 Å². The van der Waals surface area contributed by atoms with E-state index in [9.17, 15) is 53.7 Å². The van der Waals surface area contributed by atoms with Gasteiger partial charge in [-0.15, -0.1) is 5.10 Å². The van der Waals surface area contributed by atoms with Crippen LogP contribution in [0, 0.1) is 0 Å². The number of benzene rings is 2. The molecule has 460 valence electrons. The van der Waals surface area contributed by atoms with Crippen molar-refractivity contribution in [2.45, 2.75) is 49.9 Å². The highest BCUT2D eigenvalue weighted by Gasteiger charge is 2.56. The Balaban J connectivity index is 0.783. The van der Waals surface area contributed by atoms with Gasteiger partial charge in [-0.1, -0.05) is 42.0 Å². The van der Waals surface area contributed by atoms with E-state index >= 15 is 4.39 Å². The van der Waals surface area contributed by atoms with Gasteiger partial charge in [-0.3, -0.25) is 73.6 Å². The Morgan fingerprint density at radius 1 is 0.571 bits per heavy atom. The summed E-state index contributed by atoms with van der Waals surface area (Å²) in [6, 6.07) is 15.0. The first-order valence-corrected chi connectivity index (χ1v) is 28.5. The van der Waals surface area contributed by atoms with Crippen molar-refractivity contribution in [2.75, 3.05) is 164 Å². The van der Waals surface area contributed by atoms with Gasteiger partial charge < -0.3 is 44.9 Å². The highest BCUT2D eigenvalue weighted by molar-refractivity contribution is 6.22. The molecule has 84 heavy (non-hydrogen) atoms. The second-order valence-electron chi connectivity index (χ2n) is 20.9. The molecule has 1 unspecified atom stereocenters. The number of ether oxygens (including phenoxy) is 4. The van der Waals surface area contributed by atoms with Crippen LogP contribution >= 0.6 is 0 Å². The number of carboxylic acid groups (broad SMARTS) is 3. The first-order chi connectivity index (χ1) is 40.5. The number of hydrogen-bond donors (Lipinski definition) is 7. The minimum atomic E-state index is -2.47. The second-order valence-corrected chi connectivity index (χ2v) is 20.9. The Kier molecular flexibility index (Phi) is 24.8. The predicted octanol–water partition coefficient (Wildman–Crippen LogP) is -1.01. The number of alkyl halides is 1. The first-order valence-electron chi connectivity index (χ1n) is 28.5.